The summed E-state index contributed by atoms with van der Waals surface area (Å²) in [6, 6.07) is 7.57. The van der Waals surface area contributed by atoms with Crippen molar-refractivity contribution in [3.63, 3.8) is 0 Å². The fraction of sp³-hybridized carbons (Fsp3) is 0.647. The molecule has 1 aromatic rings. The van der Waals surface area contributed by atoms with Gasteiger partial charge in [0, 0.05) is 11.6 Å². The molecule has 3 aliphatic rings. The van der Waals surface area contributed by atoms with Crippen molar-refractivity contribution in [2.75, 3.05) is 6.54 Å². The van der Waals surface area contributed by atoms with Gasteiger partial charge in [-0.2, -0.15) is 0 Å². The quantitative estimate of drug-likeness (QED) is 0.868. The van der Waals surface area contributed by atoms with Gasteiger partial charge in [0.05, 0.1) is 0 Å². The van der Waals surface area contributed by atoms with E-state index in [1.807, 2.05) is 12.1 Å². The highest BCUT2D eigenvalue weighted by molar-refractivity contribution is 5.27. The first-order valence-corrected chi connectivity index (χ1v) is 7.79. The lowest BCUT2D eigenvalue weighted by Gasteiger charge is -2.22. The minimum Gasteiger partial charge on any atom is -0.310 e. The SMILES string of the molecule is CCNC(c1ccccc1F)C1C2C3CCC(C3)C21. The largest absolute Gasteiger partial charge is 0.310 e. The zero-order valence-corrected chi connectivity index (χ0v) is 11.5. The van der Waals surface area contributed by atoms with E-state index in [2.05, 4.69) is 12.2 Å². The van der Waals surface area contributed by atoms with Crippen molar-refractivity contribution in [3.05, 3.63) is 35.6 Å². The Kier molecular flexibility index (Phi) is 2.70. The summed E-state index contributed by atoms with van der Waals surface area (Å²) in [6.45, 7) is 3.05. The standard InChI is InChI=1S/C17H22FN/c1-2-19-17(12-5-3-4-6-13(12)18)16-14-10-7-8-11(9-10)15(14)16/h3-6,10-11,14-17,19H,2,7-9H2,1H3. The lowest BCUT2D eigenvalue weighted by atomic mass is 9.92. The van der Waals surface area contributed by atoms with E-state index < -0.39 is 0 Å². The predicted octanol–water partition coefficient (Wildman–Crippen LogP) is 3.77. The molecule has 4 rings (SSSR count). The van der Waals surface area contributed by atoms with Crippen molar-refractivity contribution in [2.24, 2.45) is 29.6 Å². The van der Waals surface area contributed by atoms with Gasteiger partial charge < -0.3 is 5.32 Å². The highest BCUT2D eigenvalue weighted by Crippen LogP contribution is 2.72. The van der Waals surface area contributed by atoms with Crippen molar-refractivity contribution in [3.8, 4) is 0 Å². The van der Waals surface area contributed by atoms with Crippen LogP contribution in [0.4, 0.5) is 4.39 Å². The van der Waals surface area contributed by atoms with Crippen LogP contribution in [0.1, 0.15) is 37.8 Å². The van der Waals surface area contributed by atoms with Crippen LogP contribution >= 0.6 is 0 Å². The summed E-state index contributed by atoms with van der Waals surface area (Å²) in [7, 11) is 0. The number of hydrogen-bond donors (Lipinski definition) is 1. The molecule has 2 bridgehead atoms. The molecule has 5 atom stereocenters. The van der Waals surface area contributed by atoms with Gasteiger partial charge in [0.1, 0.15) is 5.82 Å². The van der Waals surface area contributed by atoms with Gasteiger partial charge in [0.15, 0.2) is 0 Å². The Balaban J connectivity index is 1.62. The monoisotopic (exact) mass is 259 g/mol. The second kappa shape index (κ2) is 4.31. The van der Waals surface area contributed by atoms with Crippen molar-refractivity contribution in [2.45, 2.75) is 32.2 Å². The topological polar surface area (TPSA) is 12.0 Å². The van der Waals surface area contributed by atoms with E-state index in [0.29, 0.717) is 5.92 Å². The van der Waals surface area contributed by atoms with Gasteiger partial charge in [-0.25, -0.2) is 4.39 Å². The fourth-order valence-corrected chi connectivity index (χ4v) is 5.24. The molecule has 0 aliphatic heterocycles. The molecule has 19 heavy (non-hydrogen) atoms. The van der Waals surface area contributed by atoms with E-state index in [0.717, 1.165) is 35.8 Å². The minimum absolute atomic E-state index is 0.0363. The van der Waals surface area contributed by atoms with E-state index in [9.17, 15) is 4.39 Å². The van der Waals surface area contributed by atoms with E-state index in [1.54, 1.807) is 12.1 Å². The van der Waals surface area contributed by atoms with Crippen LogP contribution in [0.5, 0.6) is 0 Å². The van der Waals surface area contributed by atoms with Gasteiger partial charge in [-0.15, -0.1) is 0 Å². The molecular formula is C17H22FN. The van der Waals surface area contributed by atoms with Crippen molar-refractivity contribution in [1.29, 1.82) is 0 Å². The zero-order chi connectivity index (χ0) is 13.0. The smallest absolute Gasteiger partial charge is 0.127 e. The fourth-order valence-electron chi connectivity index (χ4n) is 5.24. The van der Waals surface area contributed by atoms with Crippen LogP contribution in [0.15, 0.2) is 24.3 Å². The van der Waals surface area contributed by atoms with E-state index >= 15 is 0 Å². The van der Waals surface area contributed by atoms with Crippen molar-refractivity contribution >= 4 is 0 Å². The molecule has 0 saturated heterocycles. The van der Waals surface area contributed by atoms with Gasteiger partial charge in [0.25, 0.3) is 0 Å². The lowest BCUT2D eigenvalue weighted by Crippen LogP contribution is -2.26. The van der Waals surface area contributed by atoms with Crippen molar-refractivity contribution < 1.29 is 4.39 Å². The van der Waals surface area contributed by atoms with E-state index in [-0.39, 0.29) is 11.9 Å². The van der Waals surface area contributed by atoms with Crippen LogP contribution in [0.3, 0.4) is 0 Å². The van der Waals surface area contributed by atoms with Crippen LogP contribution in [-0.2, 0) is 0 Å². The maximum atomic E-state index is 14.1. The summed E-state index contributed by atoms with van der Waals surface area (Å²) in [5.74, 6) is 4.35. The Bertz CT molecular complexity index is 470. The summed E-state index contributed by atoms with van der Waals surface area (Å²) in [4.78, 5) is 0. The summed E-state index contributed by atoms with van der Waals surface area (Å²) in [6.07, 6.45) is 4.32. The number of benzene rings is 1. The van der Waals surface area contributed by atoms with Gasteiger partial charge in [-0.3, -0.25) is 0 Å². The summed E-state index contributed by atoms with van der Waals surface area (Å²) in [5.41, 5.74) is 0.892. The van der Waals surface area contributed by atoms with Crippen LogP contribution < -0.4 is 5.32 Å². The van der Waals surface area contributed by atoms with Crippen LogP contribution in [0.2, 0.25) is 0 Å². The maximum absolute atomic E-state index is 14.1. The molecule has 3 aliphatic carbocycles. The second-order valence-electron chi connectivity index (χ2n) is 6.62. The first-order chi connectivity index (χ1) is 9.31. The summed E-state index contributed by atoms with van der Waals surface area (Å²) < 4.78 is 14.1. The zero-order valence-electron chi connectivity index (χ0n) is 11.5. The molecule has 0 heterocycles. The lowest BCUT2D eigenvalue weighted by molar-refractivity contribution is 0.366. The summed E-state index contributed by atoms with van der Waals surface area (Å²) >= 11 is 0. The van der Waals surface area contributed by atoms with Gasteiger partial charge in [-0.05, 0) is 61.5 Å². The maximum Gasteiger partial charge on any atom is 0.127 e. The van der Waals surface area contributed by atoms with E-state index in [4.69, 9.17) is 0 Å². The van der Waals surface area contributed by atoms with Gasteiger partial charge in [0.2, 0.25) is 0 Å². The molecule has 0 aromatic heterocycles. The third-order valence-corrected chi connectivity index (χ3v) is 5.84. The molecule has 1 aromatic carbocycles. The molecule has 102 valence electrons. The number of rotatable bonds is 4. The average Bonchev–Trinajstić information content (AvgIpc) is 2.84. The normalized spacial score (nSPS) is 40.2. The third kappa shape index (κ3) is 1.69. The summed E-state index contributed by atoms with van der Waals surface area (Å²) in [5, 5.41) is 3.56. The van der Waals surface area contributed by atoms with Crippen LogP contribution in [-0.4, -0.2) is 6.54 Å². The predicted molar refractivity (Wildman–Crippen MR) is 74.1 cm³/mol. The molecule has 3 saturated carbocycles. The number of halogens is 1. The van der Waals surface area contributed by atoms with Crippen LogP contribution in [0.25, 0.3) is 0 Å². The Hall–Kier alpha value is -0.890. The van der Waals surface area contributed by atoms with Gasteiger partial charge >= 0.3 is 0 Å². The number of hydrogen-bond acceptors (Lipinski definition) is 1. The molecule has 0 amide bonds. The highest BCUT2D eigenvalue weighted by Gasteiger charge is 2.66. The number of fused-ring (bicyclic) bond motifs is 5. The Morgan fingerprint density at radius 1 is 1.21 bits per heavy atom. The Labute approximate surface area is 114 Å². The molecule has 1 N–H and O–H groups in total. The Morgan fingerprint density at radius 2 is 1.89 bits per heavy atom. The Morgan fingerprint density at radius 3 is 2.53 bits per heavy atom. The molecule has 5 unspecified atom stereocenters. The first kappa shape index (κ1) is 11.9. The second-order valence-corrected chi connectivity index (χ2v) is 6.62. The molecule has 1 nitrogen and oxygen atoms in total. The van der Waals surface area contributed by atoms with Gasteiger partial charge in [-0.1, -0.05) is 25.1 Å². The molecule has 0 spiro atoms. The van der Waals surface area contributed by atoms with Crippen LogP contribution in [0, 0.1) is 35.4 Å². The molecule has 2 heteroatoms. The number of nitrogens with one attached hydrogen (secondary N) is 1. The molecular weight excluding hydrogens is 237 g/mol. The third-order valence-electron chi connectivity index (χ3n) is 5.84. The highest BCUT2D eigenvalue weighted by atomic mass is 19.1. The molecule has 0 radical (unpaired) electrons. The minimum atomic E-state index is -0.0363. The van der Waals surface area contributed by atoms with E-state index in [1.165, 1.54) is 19.3 Å². The van der Waals surface area contributed by atoms with Crippen molar-refractivity contribution in [1.82, 2.24) is 5.32 Å². The average molecular weight is 259 g/mol. The first-order valence-electron chi connectivity index (χ1n) is 7.79. The molecule has 3 fully saturated rings.